The molecule has 2 unspecified atom stereocenters. The number of hydrogen-bond acceptors (Lipinski definition) is 7. The van der Waals surface area contributed by atoms with Gasteiger partial charge >= 0.3 is 0 Å². The van der Waals surface area contributed by atoms with Crippen LogP contribution in [0.5, 0.6) is 5.75 Å². The summed E-state index contributed by atoms with van der Waals surface area (Å²) in [6.45, 7) is 5.89. The zero-order valence-electron chi connectivity index (χ0n) is 21.0. The summed E-state index contributed by atoms with van der Waals surface area (Å²) in [4.78, 5) is 47.6. The van der Waals surface area contributed by atoms with Gasteiger partial charge in [-0.25, -0.2) is 5.06 Å². The normalized spacial score (nSPS) is 12.3. The third kappa shape index (κ3) is 7.67. The van der Waals surface area contributed by atoms with Gasteiger partial charge in [-0.05, 0) is 44.0 Å². The van der Waals surface area contributed by atoms with Crippen molar-refractivity contribution in [2.45, 2.75) is 58.9 Å². The number of nitrogens with zero attached hydrogens (tertiary/aromatic N) is 1. The molecule has 0 bridgehead atoms. The molecule has 3 amide bonds. The van der Waals surface area contributed by atoms with Gasteiger partial charge in [-0.15, -0.1) is 0 Å². The summed E-state index contributed by atoms with van der Waals surface area (Å²) in [6, 6.07) is 7.46. The number of hydroxylamine groups is 2. The molecule has 2 rings (SSSR count). The van der Waals surface area contributed by atoms with Crippen LogP contribution in [0.4, 0.5) is 0 Å². The lowest BCUT2D eigenvalue weighted by Crippen LogP contribution is -2.47. The number of aldehydes is 1. The number of amides is 3. The van der Waals surface area contributed by atoms with Crippen molar-refractivity contribution in [1.82, 2.24) is 15.7 Å². The fourth-order valence-corrected chi connectivity index (χ4v) is 3.96. The zero-order valence-corrected chi connectivity index (χ0v) is 21.0. The predicted octanol–water partition coefficient (Wildman–Crippen LogP) is 3.78. The summed E-state index contributed by atoms with van der Waals surface area (Å²) in [5.74, 6) is -0.616. The number of benzene rings is 1. The van der Waals surface area contributed by atoms with Crippen LogP contribution in [0.25, 0.3) is 11.3 Å². The molecular formula is C26H35N3O7. The van der Waals surface area contributed by atoms with Gasteiger partial charge in [0.15, 0.2) is 12.0 Å². The molecule has 2 aromatic rings. The Bertz CT molecular complexity index is 1020. The molecule has 0 radical (unpaired) electrons. The number of rotatable bonds is 16. The predicted molar refractivity (Wildman–Crippen MR) is 133 cm³/mol. The average molecular weight is 502 g/mol. The number of ether oxygens (including phenoxy) is 1. The number of nitrogens with one attached hydrogen (secondary N) is 2. The molecule has 36 heavy (non-hydrogen) atoms. The number of hydrogen-bond donors (Lipinski definition) is 3. The second-order valence-electron chi connectivity index (χ2n) is 8.25. The van der Waals surface area contributed by atoms with Crippen molar-refractivity contribution >= 4 is 24.5 Å². The van der Waals surface area contributed by atoms with E-state index in [0.717, 1.165) is 19.3 Å². The van der Waals surface area contributed by atoms with Crippen LogP contribution >= 0.6 is 0 Å². The molecule has 196 valence electrons. The molecule has 0 aliphatic rings. The van der Waals surface area contributed by atoms with Crippen LogP contribution < -0.4 is 15.4 Å². The molecule has 1 heterocycles. The molecule has 0 spiro atoms. The monoisotopic (exact) mass is 501 g/mol. The van der Waals surface area contributed by atoms with Gasteiger partial charge in [0, 0.05) is 5.56 Å². The van der Waals surface area contributed by atoms with Crippen molar-refractivity contribution in [3.63, 3.8) is 0 Å². The SMILES string of the molecule is CCCCCC(C(=O)NCNC(=O)c1ccc(-c2ccc(C=O)c(OCC)c2)o1)C(CC)N(O)C=O. The minimum Gasteiger partial charge on any atom is -0.493 e. The second kappa shape index (κ2) is 14.7. The molecular weight excluding hydrogens is 466 g/mol. The standard InChI is InChI=1S/C26H35N3O7/c1-4-7-8-9-20(21(5-2)29(34)17-31)25(32)27-16-28-26(33)23-13-12-22(36-23)18-10-11-19(15-30)24(14-18)35-6-3/h10-15,17,20-21,34H,4-9,16H2,1-3H3,(H,27,32)(H,28,33). The number of carbonyl (C=O) groups excluding carboxylic acids is 4. The Morgan fingerprint density at radius 2 is 1.89 bits per heavy atom. The Balaban J connectivity index is 2.01. The van der Waals surface area contributed by atoms with Gasteiger partial charge in [0.05, 0.1) is 30.8 Å². The smallest absolute Gasteiger partial charge is 0.288 e. The molecule has 3 N–H and O–H groups in total. The molecule has 0 saturated carbocycles. The van der Waals surface area contributed by atoms with Gasteiger partial charge < -0.3 is 19.8 Å². The summed E-state index contributed by atoms with van der Waals surface area (Å²) >= 11 is 0. The molecule has 0 saturated heterocycles. The maximum atomic E-state index is 12.8. The minimum absolute atomic E-state index is 0.0464. The van der Waals surface area contributed by atoms with Crippen LogP contribution in [0.3, 0.4) is 0 Å². The van der Waals surface area contributed by atoms with E-state index >= 15 is 0 Å². The van der Waals surface area contributed by atoms with E-state index in [1.807, 2.05) is 13.8 Å². The van der Waals surface area contributed by atoms with E-state index in [2.05, 4.69) is 10.6 Å². The first-order valence-corrected chi connectivity index (χ1v) is 12.2. The van der Waals surface area contributed by atoms with E-state index in [9.17, 15) is 24.4 Å². The van der Waals surface area contributed by atoms with Crippen LogP contribution in [0.15, 0.2) is 34.7 Å². The maximum absolute atomic E-state index is 12.8. The number of furan rings is 1. The van der Waals surface area contributed by atoms with Crippen LogP contribution in [-0.4, -0.2) is 54.1 Å². The van der Waals surface area contributed by atoms with Crippen LogP contribution in [0.1, 0.15) is 73.8 Å². The van der Waals surface area contributed by atoms with Crippen molar-refractivity contribution in [3.05, 3.63) is 41.7 Å². The van der Waals surface area contributed by atoms with Gasteiger partial charge in [-0.1, -0.05) is 39.2 Å². The van der Waals surface area contributed by atoms with Gasteiger partial charge in [0.1, 0.15) is 11.5 Å². The van der Waals surface area contributed by atoms with Crippen molar-refractivity contribution < 1.29 is 33.5 Å². The first-order valence-electron chi connectivity index (χ1n) is 12.2. The highest BCUT2D eigenvalue weighted by atomic mass is 16.5. The fraction of sp³-hybridized carbons (Fsp3) is 0.462. The summed E-state index contributed by atoms with van der Waals surface area (Å²) in [5, 5.41) is 15.7. The largest absolute Gasteiger partial charge is 0.493 e. The Kier molecular flexibility index (Phi) is 11.6. The topological polar surface area (TPSA) is 138 Å². The van der Waals surface area contributed by atoms with Crippen LogP contribution in [-0.2, 0) is 9.59 Å². The van der Waals surface area contributed by atoms with Gasteiger partial charge in [0.2, 0.25) is 12.3 Å². The molecule has 0 aliphatic heterocycles. The van der Waals surface area contributed by atoms with Gasteiger partial charge in [0.25, 0.3) is 5.91 Å². The highest BCUT2D eigenvalue weighted by Crippen LogP contribution is 2.28. The molecule has 1 aromatic carbocycles. The van der Waals surface area contributed by atoms with E-state index < -0.39 is 17.9 Å². The van der Waals surface area contributed by atoms with Crippen molar-refractivity contribution in [2.24, 2.45) is 5.92 Å². The number of carbonyl (C=O) groups is 4. The highest BCUT2D eigenvalue weighted by molar-refractivity contribution is 5.92. The Labute approximate surface area is 210 Å². The lowest BCUT2D eigenvalue weighted by molar-refractivity contribution is -0.168. The molecule has 0 aliphatic carbocycles. The van der Waals surface area contributed by atoms with Crippen molar-refractivity contribution in [2.75, 3.05) is 13.3 Å². The Morgan fingerprint density at radius 1 is 1.11 bits per heavy atom. The van der Waals surface area contributed by atoms with E-state index in [4.69, 9.17) is 9.15 Å². The van der Waals surface area contributed by atoms with E-state index in [1.54, 1.807) is 31.2 Å². The van der Waals surface area contributed by atoms with E-state index in [0.29, 0.717) is 59.8 Å². The summed E-state index contributed by atoms with van der Waals surface area (Å²) in [7, 11) is 0. The van der Waals surface area contributed by atoms with E-state index in [1.165, 1.54) is 6.07 Å². The third-order valence-electron chi connectivity index (χ3n) is 5.85. The second-order valence-corrected chi connectivity index (χ2v) is 8.25. The third-order valence-corrected chi connectivity index (χ3v) is 5.85. The lowest BCUT2D eigenvalue weighted by Gasteiger charge is -2.29. The Hall–Kier alpha value is -3.66. The van der Waals surface area contributed by atoms with Gasteiger partial charge in [-0.3, -0.25) is 24.4 Å². The Morgan fingerprint density at radius 3 is 2.53 bits per heavy atom. The molecule has 10 heteroatoms. The fourth-order valence-electron chi connectivity index (χ4n) is 3.96. The summed E-state index contributed by atoms with van der Waals surface area (Å²) in [6.07, 6.45) is 4.58. The average Bonchev–Trinajstić information content (AvgIpc) is 3.38. The number of unbranched alkanes of at least 4 members (excludes halogenated alkanes) is 2. The lowest BCUT2D eigenvalue weighted by atomic mass is 9.90. The van der Waals surface area contributed by atoms with E-state index in [-0.39, 0.29) is 18.3 Å². The molecule has 0 fully saturated rings. The highest BCUT2D eigenvalue weighted by Gasteiger charge is 2.30. The summed E-state index contributed by atoms with van der Waals surface area (Å²) in [5.41, 5.74) is 1.05. The maximum Gasteiger partial charge on any atom is 0.288 e. The minimum atomic E-state index is -0.658. The first kappa shape index (κ1) is 28.6. The molecule has 2 atom stereocenters. The van der Waals surface area contributed by atoms with Crippen LogP contribution in [0, 0.1) is 5.92 Å². The zero-order chi connectivity index (χ0) is 26.5. The molecule has 10 nitrogen and oxygen atoms in total. The van der Waals surface area contributed by atoms with Crippen LogP contribution in [0.2, 0.25) is 0 Å². The van der Waals surface area contributed by atoms with Gasteiger partial charge in [-0.2, -0.15) is 0 Å². The summed E-state index contributed by atoms with van der Waals surface area (Å²) < 4.78 is 11.1. The molecule has 1 aromatic heterocycles. The van der Waals surface area contributed by atoms with Crippen molar-refractivity contribution in [3.8, 4) is 17.1 Å². The van der Waals surface area contributed by atoms with Crippen molar-refractivity contribution in [1.29, 1.82) is 0 Å². The first-order chi connectivity index (χ1) is 17.4. The quantitative estimate of drug-likeness (QED) is 0.105.